The molecule has 3 heterocycles. The van der Waals surface area contributed by atoms with Crippen molar-refractivity contribution in [3.8, 4) is 11.4 Å². The van der Waals surface area contributed by atoms with Crippen LogP contribution in [0, 0.1) is 0 Å². The quantitative estimate of drug-likeness (QED) is 0.719. The third-order valence-corrected chi connectivity index (χ3v) is 5.00. The number of aromatic amines is 1. The molecule has 1 fully saturated rings. The van der Waals surface area contributed by atoms with Crippen LogP contribution in [0.3, 0.4) is 0 Å². The van der Waals surface area contributed by atoms with Crippen molar-refractivity contribution >= 4 is 28.5 Å². The molecule has 6 nitrogen and oxygen atoms in total. The third-order valence-electron chi connectivity index (χ3n) is 4.70. The van der Waals surface area contributed by atoms with Gasteiger partial charge in [0.15, 0.2) is 0 Å². The van der Waals surface area contributed by atoms with Gasteiger partial charge in [0.05, 0.1) is 35.4 Å². The highest BCUT2D eigenvalue weighted by molar-refractivity contribution is 6.33. The van der Waals surface area contributed by atoms with Gasteiger partial charge < -0.3 is 19.7 Å². The second-order valence-corrected chi connectivity index (χ2v) is 6.81. The summed E-state index contributed by atoms with van der Waals surface area (Å²) in [4.78, 5) is 14.7. The summed E-state index contributed by atoms with van der Waals surface area (Å²) in [5.74, 6) is 1.64. The first kappa shape index (κ1) is 17.3. The average molecular weight is 373 g/mol. The SMILES string of the molecule is OCCOC1CCN(c2cc(-c3nc4ccccc4[nH]3)c(Cl)cn2)CC1. The van der Waals surface area contributed by atoms with Crippen molar-refractivity contribution in [2.24, 2.45) is 0 Å². The van der Waals surface area contributed by atoms with Crippen LogP contribution >= 0.6 is 11.6 Å². The van der Waals surface area contributed by atoms with Gasteiger partial charge in [-0.2, -0.15) is 0 Å². The molecule has 0 radical (unpaired) electrons. The second kappa shape index (κ2) is 7.61. The van der Waals surface area contributed by atoms with E-state index in [2.05, 4.69) is 19.9 Å². The number of benzene rings is 1. The predicted molar refractivity (Wildman–Crippen MR) is 103 cm³/mol. The summed E-state index contributed by atoms with van der Waals surface area (Å²) in [5, 5.41) is 9.46. The van der Waals surface area contributed by atoms with E-state index in [9.17, 15) is 0 Å². The van der Waals surface area contributed by atoms with Crippen molar-refractivity contribution in [3.63, 3.8) is 0 Å². The second-order valence-electron chi connectivity index (χ2n) is 6.41. The molecule has 4 rings (SSSR count). The van der Waals surface area contributed by atoms with Crippen molar-refractivity contribution in [1.82, 2.24) is 15.0 Å². The molecule has 0 spiro atoms. The summed E-state index contributed by atoms with van der Waals surface area (Å²) in [6.07, 6.45) is 3.74. The minimum Gasteiger partial charge on any atom is -0.394 e. The first-order chi connectivity index (χ1) is 12.7. The molecular weight excluding hydrogens is 352 g/mol. The molecule has 7 heteroatoms. The van der Waals surface area contributed by atoms with Crippen LogP contribution in [-0.4, -0.2) is 52.5 Å². The van der Waals surface area contributed by atoms with Crippen molar-refractivity contribution in [2.45, 2.75) is 18.9 Å². The smallest absolute Gasteiger partial charge is 0.140 e. The standard InChI is InChI=1S/C19H21ClN4O2/c20-15-12-21-18(24-7-5-13(6-8-24)26-10-9-25)11-14(15)19-22-16-3-1-2-4-17(16)23-19/h1-4,11-13,25H,5-10H2,(H,22,23). The largest absolute Gasteiger partial charge is 0.394 e. The predicted octanol–water partition coefficient (Wildman–Crippen LogP) is 3.26. The Morgan fingerprint density at radius 1 is 1.27 bits per heavy atom. The lowest BCUT2D eigenvalue weighted by Gasteiger charge is -2.32. The van der Waals surface area contributed by atoms with Gasteiger partial charge in [0.25, 0.3) is 0 Å². The first-order valence-corrected chi connectivity index (χ1v) is 9.20. The van der Waals surface area contributed by atoms with Gasteiger partial charge >= 0.3 is 0 Å². The number of nitrogens with one attached hydrogen (secondary N) is 1. The number of piperidine rings is 1. The molecule has 0 atom stereocenters. The number of H-pyrrole nitrogens is 1. The molecule has 0 bridgehead atoms. The number of aromatic nitrogens is 3. The first-order valence-electron chi connectivity index (χ1n) is 8.82. The summed E-state index contributed by atoms with van der Waals surface area (Å²) in [6.45, 7) is 2.20. The molecule has 1 aliphatic rings. The number of ether oxygens (including phenoxy) is 1. The molecule has 0 unspecified atom stereocenters. The summed E-state index contributed by atoms with van der Waals surface area (Å²) in [7, 11) is 0. The lowest BCUT2D eigenvalue weighted by molar-refractivity contribution is 0.0158. The van der Waals surface area contributed by atoms with Crippen LogP contribution in [0.25, 0.3) is 22.4 Å². The van der Waals surface area contributed by atoms with Gasteiger partial charge in [-0.05, 0) is 31.0 Å². The molecule has 2 aromatic heterocycles. The molecule has 0 aliphatic carbocycles. The van der Waals surface area contributed by atoms with E-state index < -0.39 is 0 Å². The molecule has 26 heavy (non-hydrogen) atoms. The number of para-hydroxylation sites is 2. The third kappa shape index (κ3) is 3.53. The summed E-state index contributed by atoms with van der Waals surface area (Å²) in [6, 6.07) is 9.92. The Balaban J connectivity index is 1.55. The molecule has 1 aromatic carbocycles. The number of aliphatic hydroxyl groups excluding tert-OH is 1. The zero-order chi connectivity index (χ0) is 17.9. The highest BCUT2D eigenvalue weighted by Crippen LogP contribution is 2.31. The molecule has 0 saturated carbocycles. The Kier molecular flexibility index (Phi) is 5.06. The topological polar surface area (TPSA) is 74.3 Å². The summed E-state index contributed by atoms with van der Waals surface area (Å²) >= 11 is 6.39. The molecule has 1 aliphatic heterocycles. The van der Waals surface area contributed by atoms with E-state index >= 15 is 0 Å². The lowest BCUT2D eigenvalue weighted by Crippen LogP contribution is -2.37. The van der Waals surface area contributed by atoms with E-state index in [0.29, 0.717) is 11.6 Å². The number of pyridine rings is 1. The van der Waals surface area contributed by atoms with Crippen LogP contribution in [0.2, 0.25) is 5.02 Å². The minimum atomic E-state index is 0.0693. The normalized spacial score (nSPS) is 15.7. The molecule has 0 amide bonds. The molecule has 3 aromatic rings. The highest BCUT2D eigenvalue weighted by atomic mass is 35.5. The van der Waals surface area contributed by atoms with Crippen LogP contribution in [0.15, 0.2) is 36.5 Å². The zero-order valence-electron chi connectivity index (χ0n) is 14.4. The Morgan fingerprint density at radius 3 is 2.85 bits per heavy atom. The van der Waals surface area contributed by atoms with E-state index in [1.807, 2.05) is 30.3 Å². The van der Waals surface area contributed by atoms with Crippen LogP contribution < -0.4 is 4.90 Å². The van der Waals surface area contributed by atoms with Crippen molar-refractivity contribution in [2.75, 3.05) is 31.2 Å². The monoisotopic (exact) mass is 372 g/mol. The van der Waals surface area contributed by atoms with Crippen LogP contribution in [0.1, 0.15) is 12.8 Å². The number of nitrogens with zero attached hydrogens (tertiary/aromatic N) is 3. The van der Waals surface area contributed by atoms with Gasteiger partial charge in [0, 0.05) is 24.8 Å². The number of aliphatic hydroxyl groups is 1. The summed E-state index contributed by atoms with van der Waals surface area (Å²) < 4.78 is 5.63. The lowest BCUT2D eigenvalue weighted by atomic mass is 10.1. The van der Waals surface area contributed by atoms with E-state index in [1.165, 1.54) is 0 Å². The van der Waals surface area contributed by atoms with E-state index in [1.54, 1.807) is 6.20 Å². The van der Waals surface area contributed by atoms with Gasteiger partial charge in [0.1, 0.15) is 11.6 Å². The van der Waals surface area contributed by atoms with Gasteiger partial charge in [-0.1, -0.05) is 23.7 Å². The van der Waals surface area contributed by atoms with E-state index in [4.69, 9.17) is 21.4 Å². The maximum absolute atomic E-state index is 8.88. The van der Waals surface area contributed by atoms with Crippen LogP contribution in [0.4, 0.5) is 5.82 Å². The number of imidazole rings is 1. The van der Waals surface area contributed by atoms with Gasteiger partial charge in [-0.25, -0.2) is 9.97 Å². The number of hydrogen-bond donors (Lipinski definition) is 2. The molecule has 2 N–H and O–H groups in total. The summed E-state index contributed by atoms with van der Waals surface area (Å²) in [5.41, 5.74) is 2.75. The molecular formula is C19H21ClN4O2. The van der Waals surface area contributed by atoms with Crippen LogP contribution in [0.5, 0.6) is 0 Å². The Bertz CT molecular complexity index is 857. The molecule has 1 saturated heterocycles. The Morgan fingerprint density at radius 2 is 2.08 bits per heavy atom. The molecule has 136 valence electrons. The zero-order valence-corrected chi connectivity index (χ0v) is 15.1. The van der Waals surface area contributed by atoms with Gasteiger partial charge in [-0.3, -0.25) is 0 Å². The fourth-order valence-corrected chi connectivity index (χ4v) is 3.53. The number of halogens is 1. The highest BCUT2D eigenvalue weighted by Gasteiger charge is 2.21. The fourth-order valence-electron chi connectivity index (χ4n) is 3.33. The number of rotatable bonds is 5. The fraction of sp³-hybridized carbons (Fsp3) is 0.368. The minimum absolute atomic E-state index is 0.0693. The van der Waals surface area contributed by atoms with Gasteiger partial charge in [0.2, 0.25) is 0 Å². The number of hydrogen-bond acceptors (Lipinski definition) is 5. The van der Waals surface area contributed by atoms with Crippen LogP contribution in [-0.2, 0) is 4.74 Å². The number of anilines is 1. The van der Waals surface area contributed by atoms with E-state index in [0.717, 1.165) is 54.2 Å². The van der Waals surface area contributed by atoms with Crippen molar-refractivity contribution in [1.29, 1.82) is 0 Å². The average Bonchev–Trinajstić information content (AvgIpc) is 3.11. The maximum Gasteiger partial charge on any atom is 0.140 e. The van der Waals surface area contributed by atoms with Crippen molar-refractivity contribution in [3.05, 3.63) is 41.6 Å². The van der Waals surface area contributed by atoms with Gasteiger partial charge in [-0.15, -0.1) is 0 Å². The van der Waals surface area contributed by atoms with E-state index in [-0.39, 0.29) is 12.7 Å². The maximum atomic E-state index is 8.88. The Labute approximate surface area is 156 Å². The number of fused-ring (bicyclic) bond motifs is 1. The van der Waals surface area contributed by atoms with Crippen molar-refractivity contribution < 1.29 is 9.84 Å². The Hall–Kier alpha value is -2.15.